The van der Waals surface area contributed by atoms with Gasteiger partial charge in [-0.3, -0.25) is 0 Å². The quantitative estimate of drug-likeness (QED) is 0.855. The summed E-state index contributed by atoms with van der Waals surface area (Å²) in [5, 5.41) is 5.73. The van der Waals surface area contributed by atoms with E-state index in [1.54, 1.807) is 18.3 Å². The van der Waals surface area contributed by atoms with E-state index in [2.05, 4.69) is 29.5 Å². The summed E-state index contributed by atoms with van der Waals surface area (Å²) in [5.74, 6) is 1.21. The summed E-state index contributed by atoms with van der Waals surface area (Å²) in [5.41, 5.74) is 0.676. The number of carbonyl (C=O) groups is 1. The Hall–Kier alpha value is -2.37. The highest BCUT2D eigenvalue weighted by atomic mass is 19.1. The highest BCUT2D eigenvalue weighted by Crippen LogP contribution is 2.41. The summed E-state index contributed by atoms with van der Waals surface area (Å²) < 4.78 is 15.8. The molecule has 2 N–H and O–H groups in total. The monoisotopic (exact) mass is 330 g/mol. The fraction of sp³-hybridized carbons (Fsp3) is 0.444. The van der Waals surface area contributed by atoms with Gasteiger partial charge in [0.1, 0.15) is 11.6 Å². The van der Waals surface area contributed by atoms with Crippen molar-refractivity contribution in [2.45, 2.75) is 45.3 Å². The van der Waals surface area contributed by atoms with E-state index in [1.165, 1.54) is 6.07 Å². The van der Waals surface area contributed by atoms with Gasteiger partial charge in [0.05, 0.1) is 6.54 Å². The molecular formula is C18H23FN4O. The maximum absolute atomic E-state index is 13.7. The number of amides is 2. The smallest absolute Gasteiger partial charge is 0.315 e. The highest BCUT2D eigenvalue weighted by molar-refractivity contribution is 5.74. The Balaban J connectivity index is 1.48. The van der Waals surface area contributed by atoms with Gasteiger partial charge in [0.25, 0.3) is 0 Å². The summed E-state index contributed by atoms with van der Waals surface area (Å²) in [6, 6.07) is 6.50. The summed E-state index contributed by atoms with van der Waals surface area (Å²) in [7, 11) is 0. The molecule has 6 heteroatoms. The van der Waals surface area contributed by atoms with Gasteiger partial charge in [-0.1, -0.05) is 32.0 Å². The number of hydrogen-bond donors (Lipinski definition) is 2. The highest BCUT2D eigenvalue weighted by Gasteiger charge is 2.40. The normalized spacial score (nSPS) is 19.3. The zero-order valence-corrected chi connectivity index (χ0v) is 14.0. The predicted molar refractivity (Wildman–Crippen MR) is 90.0 cm³/mol. The lowest BCUT2D eigenvalue weighted by Crippen LogP contribution is -2.37. The molecule has 0 aliphatic heterocycles. The van der Waals surface area contributed by atoms with E-state index in [1.807, 2.05) is 16.8 Å². The van der Waals surface area contributed by atoms with Crippen LogP contribution >= 0.6 is 0 Å². The molecule has 1 fully saturated rings. The number of imidazole rings is 1. The van der Waals surface area contributed by atoms with Crippen molar-refractivity contribution in [3.05, 3.63) is 53.9 Å². The molecule has 0 saturated heterocycles. The SMILES string of the molecule is CC(C)Cn1ccnc1CNC(=O)N[C@H]1C[C@H]1c1ccccc1F. The van der Waals surface area contributed by atoms with Crippen LogP contribution in [0.15, 0.2) is 36.7 Å². The van der Waals surface area contributed by atoms with Crippen LogP contribution in [0.4, 0.5) is 9.18 Å². The average Bonchev–Trinajstić information content (AvgIpc) is 3.14. The zero-order valence-electron chi connectivity index (χ0n) is 14.0. The Bertz CT molecular complexity index is 713. The van der Waals surface area contributed by atoms with Crippen molar-refractivity contribution in [1.29, 1.82) is 0 Å². The Labute approximate surface area is 141 Å². The third kappa shape index (κ3) is 3.93. The van der Waals surface area contributed by atoms with Crippen LogP contribution in [-0.2, 0) is 13.1 Å². The van der Waals surface area contributed by atoms with Gasteiger partial charge in [-0.15, -0.1) is 0 Å². The molecule has 3 rings (SSSR count). The van der Waals surface area contributed by atoms with Crippen molar-refractivity contribution < 1.29 is 9.18 Å². The molecular weight excluding hydrogens is 307 g/mol. The van der Waals surface area contributed by atoms with Crippen molar-refractivity contribution in [3.8, 4) is 0 Å². The maximum Gasteiger partial charge on any atom is 0.315 e. The topological polar surface area (TPSA) is 59.0 Å². The Morgan fingerprint density at radius 2 is 2.21 bits per heavy atom. The summed E-state index contributed by atoms with van der Waals surface area (Å²) in [6.07, 6.45) is 4.44. The van der Waals surface area contributed by atoms with E-state index in [4.69, 9.17) is 0 Å². The number of carbonyl (C=O) groups excluding carboxylic acids is 1. The Morgan fingerprint density at radius 1 is 1.42 bits per heavy atom. The van der Waals surface area contributed by atoms with Crippen LogP contribution in [0.1, 0.15) is 37.6 Å². The van der Waals surface area contributed by atoms with Crippen LogP contribution in [0, 0.1) is 11.7 Å². The molecule has 2 amide bonds. The molecule has 5 nitrogen and oxygen atoms in total. The third-order valence-electron chi connectivity index (χ3n) is 4.18. The van der Waals surface area contributed by atoms with E-state index >= 15 is 0 Å². The van der Waals surface area contributed by atoms with Crippen LogP contribution in [0.5, 0.6) is 0 Å². The van der Waals surface area contributed by atoms with Crippen LogP contribution in [0.2, 0.25) is 0 Å². The first-order valence-electron chi connectivity index (χ1n) is 8.33. The van der Waals surface area contributed by atoms with Gasteiger partial charge in [0.2, 0.25) is 0 Å². The fourth-order valence-corrected chi connectivity index (χ4v) is 2.92. The summed E-state index contributed by atoms with van der Waals surface area (Å²) in [4.78, 5) is 16.3. The Kier molecular flexibility index (Phi) is 4.83. The predicted octanol–water partition coefficient (Wildman–Crippen LogP) is 3.03. The summed E-state index contributed by atoms with van der Waals surface area (Å²) in [6.45, 7) is 5.53. The lowest BCUT2D eigenvalue weighted by molar-refractivity contribution is 0.239. The minimum atomic E-state index is -0.238. The van der Waals surface area contributed by atoms with Crippen LogP contribution in [0.25, 0.3) is 0 Å². The van der Waals surface area contributed by atoms with Crippen molar-refractivity contribution >= 4 is 6.03 Å². The first-order valence-corrected chi connectivity index (χ1v) is 8.33. The fourth-order valence-electron chi connectivity index (χ4n) is 2.92. The molecule has 1 heterocycles. The number of nitrogens with zero attached hydrogens (tertiary/aromatic N) is 2. The van der Waals surface area contributed by atoms with Gasteiger partial charge in [-0.05, 0) is 24.0 Å². The van der Waals surface area contributed by atoms with Gasteiger partial charge in [-0.2, -0.15) is 0 Å². The molecule has 128 valence electrons. The molecule has 2 atom stereocenters. The zero-order chi connectivity index (χ0) is 17.1. The molecule has 1 aromatic carbocycles. The standard InChI is InChI=1S/C18H23FN4O/c1-12(2)11-23-8-7-20-17(23)10-21-18(24)22-16-9-14(16)13-5-3-4-6-15(13)19/h3-8,12,14,16H,9-11H2,1-2H3,(H2,21,22,24)/t14-,16-/m0/s1. The largest absolute Gasteiger partial charge is 0.335 e. The van der Waals surface area contributed by atoms with E-state index < -0.39 is 0 Å². The number of halogens is 1. The molecule has 2 aromatic rings. The molecule has 0 bridgehead atoms. The van der Waals surface area contributed by atoms with Crippen LogP contribution < -0.4 is 10.6 Å². The van der Waals surface area contributed by atoms with E-state index in [9.17, 15) is 9.18 Å². The molecule has 0 radical (unpaired) electrons. The maximum atomic E-state index is 13.7. The third-order valence-corrected chi connectivity index (χ3v) is 4.18. The molecule has 1 saturated carbocycles. The number of aromatic nitrogens is 2. The number of hydrogen-bond acceptors (Lipinski definition) is 2. The second-order valence-corrected chi connectivity index (χ2v) is 6.69. The molecule has 0 unspecified atom stereocenters. The summed E-state index contributed by atoms with van der Waals surface area (Å²) >= 11 is 0. The van der Waals surface area contributed by atoms with Gasteiger partial charge in [-0.25, -0.2) is 14.2 Å². The second kappa shape index (κ2) is 7.03. The van der Waals surface area contributed by atoms with E-state index in [0.717, 1.165) is 18.8 Å². The Morgan fingerprint density at radius 3 is 2.96 bits per heavy atom. The molecule has 0 spiro atoms. The van der Waals surface area contributed by atoms with Crippen LogP contribution in [0.3, 0.4) is 0 Å². The number of rotatable bonds is 6. The van der Waals surface area contributed by atoms with Gasteiger partial charge in [0, 0.05) is 30.9 Å². The average molecular weight is 330 g/mol. The van der Waals surface area contributed by atoms with Crippen molar-refractivity contribution in [2.75, 3.05) is 0 Å². The molecule has 24 heavy (non-hydrogen) atoms. The number of urea groups is 1. The number of nitrogens with one attached hydrogen (secondary N) is 2. The molecule has 1 aliphatic carbocycles. The number of benzene rings is 1. The minimum Gasteiger partial charge on any atom is -0.335 e. The molecule has 1 aliphatic rings. The lowest BCUT2D eigenvalue weighted by Gasteiger charge is -2.11. The van der Waals surface area contributed by atoms with Gasteiger partial charge >= 0.3 is 6.03 Å². The van der Waals surface area contributed by atoms with Gasteiger partial charge in [0.15, 0.2) is 0 Å². The van der Waals surface area contributed by atoms with Crippen molar-refractivity contribution in [3.63, 3.8) is 0 Å². The lowest BCUT2D eigenvalue weighted by atomic mass is 10.1. The second-order valence-electron chi connectivity index (χ2n) is 6.69. The van der Waals surface area contributed by atoms with E-state index in [-0.39, 0.29) is 23.8 Å². The minimum absolute atomic E-state index is 0.00249. The van der Waals surface area contributed by atoms with E-state index in [0.29, 0.717) is 18.0 Å². The first kappa shape index (κ1) is 16.5. The van der Waals surface area contributed by atoms with Crippen LogP contribution in [-0.4, -0.2) is 21.6 Å². The van der Waals surface area contributed by atoms with Gasteiger partial charge < -0.3 is 15.2 Å². The van der Waals surface area contributed by atoms with Crippen molar-refractivity contribution in [2.24, 2.45) is 5.92 Å². The molecule has 1 aromatic heterocycles. The van der Waals surface area contributed by atoms with Crippen molar-refractivity contribution in [1.82, 2.24) is 20.2 Å². The first-order chi connectivity index (χ1) is 11.5.